The summed E-state index contributed by atoms with van der Waals surface area (Å²) in [5.74, 6) is 0.454. The average molecular weight is 519 g/mol. The van der Waals surface area contributed by atoms with Crippen molar-refractivity contribution in [3.63, 3.8) is 0 Å². The van der Waals surface area contributed by atoms with Crippen LogP contribution in [0.5, 0.6) is 5.88 Å². The number of nitrogens with one attached hydrogen (secondary N) is 1. The van der Waals surface area contributed by atoms with Crippen LogP contribution in [0.4, 0.5) is 5.69 Å². The van der Waals surface area contributed by atoms with Crippen LogP contribution in [0, 0.1) is 0 Å². The number of nitrogens with zero attached hydrogens (tertiary/aromatic N) is 5. The molecule has 0 atom stereocenters. The molecular formula is C27H30N6O3S. The number of sulfonamides is 1. The summed E-state index contributed by atoms with van der Waals surface area (Å²) < 4.78 is 34.4. The van der Waals surface area contributed by atoms with Crippen molar-refractivity contribution in [3.8, 4) is 17.1 Å². The Morgan fingerprint density at radius 3 is 2.49 bits per heavy atom. The van der Waals surface area contributed by atoms with Crippen LogP contribution in [0.2, 0.25) is 0 Å². The highest BCUT2D eigenvalue weighted by Gasteiger charge is 2.28. The molecule has 0 radical (unpaired) electrons. The highest BCUT2D eigenvalue weighted by molar-refractivity contribution is 7.92. The van der Waals surface area contributed by atoms with Crippen molar-refractivity contribution in [2.24, 2.45) is 0 Å². The van der Waals surface area contributed by atoms with E-state index in [1.54, 1.807) is 42.6 Å². The van der Waals surface area contributed by atoms with Crippen LogP contribution in [0.15, 0.2) is 72.1 Å². The van der Waals surface area contributed by atoms with Gasteiger partial charge in [0.05, 0.1) is 28.0 Å². The number of benzene rings is 1. The predicted molar refractivity (Wildman–Crippen MR) is 143 cm³/mol. The Morgan fingerprint density at radius 2 is 1.76 bits per heavy atom. The van der Waals surface area contributed by atoms with E-state index >= 15 is 0 Å². The smallest absolute Gasteiger partial charge is 0.261 e. The van der Waals surface area contributed by atoms with Crippen molar-refractivity contribution < 1.29 is 13.2 Å². The number of likely N-dealkylation sites (tertiary alicyclic amines) is 1. The van der Waals surface area contributed by atoms with Crippen LogP contribution in [-0.4, -0.2) is 58.0 Å². The predicted octanol–water partition coefficient (Wildman–Crippen LogP) is 4.53. The van der Waals surface area contributed by atoms with Crippen LogP contribution in [0.25, 0.3) is 22.3 Å². The first-order valence-electron chi connectivity index (χ1n) is 12.3. The molecular weight excluding hydrogens is 488 g/mol. The van der Waals surface area contributed by atoms with E-state index in [4.69, 9.17) is 9.72 Å². The minimum atomic E-state index is -3.74. The van der Waals surface area contributed by atoms with E-state index in [1.807, 2.05) is 12.1 Å². The van der Waals surface area contributed by atoms with Gasteiger partial charge in [0, 0.05) is 30.4 Å². The fourth-order valence-corrected chi connectivity index (χ4v) is 5.47. The molecule has 0 aliphatic carbocycles. The Labute approximate surface area is 217 Å². The van der Waals surface area contributed by atoms with Gasteiger partial charge in [-0.15, -0.1) is 0 Å². The molecule has 5 rings (SSSR count). The normalized spacial score (nSPS) is 15.5. The van der Waals surface area contributed by atoms with Gasteiger partial charge in [0.25, 0.3) is 10.0 Å². The standard InChI is InChI=1S/C27H30N6O3S/c1-27(2,3)33-13-11-21(12-14-33)36-26-25-24(29-18-30-26)10-9-23(31-25)19-15-20(17-28-16-19)32-37(34,35)22-7-5-4-6-8-22/h4-10,15-18,21,32H,11-14H2,1-3H3. The molecule has 10 heteroatoms. The van der Waals surface area contributed by atoms with E-state index in [2.05, 4.69) is 45.3 Å². The van der Waals surface area contributed by atoms with Gasteiger partial charge in [-0.3, -0.25) is 14.6 Å². The molecule has 192 valence electrons. The lowest BCUT2D eigenvalue weighted by molar-refractivity contribution is 0.0478. The Morgan fingerprint density at radius 1 is 1.00 bits per heavy atom. The highest BCUT2D eigenvalue weighted by Crippen LogP contribution is 2.29. The lowest BCUT2D eigenvalue weighted by atomic mass is 9.99. The molecule has 1 aromatic carbocycles. The van der Waals surface area contributed by atoms with Gasteiger partial charge in [0.15, 0.2) is 5.52 Å². The van der Waals surface area contributed by atoms with E-state index in [9.17, 15) is 8.42 Å². The first kappa shape index (κ1) is 25.0. The van der Waals surface area contributed by atoms with Crippen LogP contribution < -0.4 is 9.46 Å². The Kier molecular flexibility index (Phi) is 6.78. The second kappa shape index (κ2) is 10.0. The third-order valence-corrected chi connectivity index (χ3v) is 7.85. The number of piperidine rings is 1. The molecule has 1 aliphatic heterocycles. The van der Waals surface area contributed by atoms with Gasteiger partial charge < -0.3 is 4.74 Å². The fraction of sp³-hybridized carbons (Fsp3) is 0.333. The molecule has 0 bridgehead atoms. The largest absolute Gasteiger partial charge is 0.473 e. The Hall–Kier alpha value is -3.63. The number of anilines is 1. The molecule has 0 spiro atoms. The van der Waals surface area contributed by atoms with Crippen LogP contribution in [0.1, 0.15) is 33.6 Å². The summed E-state index contributed by atoms with van der Waals surface area (Å²) in [4.78, 5) is 20.4. The number of aromatic nitrogens is 4. The minimum Gasteiger partial charge on any atom is -0.473 e. The summed E-state index contributed by atoms with van der Waals surface area (Å²) in [5.41, 5.74) is 2.99. The zero-order chi connectivity index (χ0) is 26.0. The molecule has 9 nitrogen and oxygen atoms in total. The van der Waals surface area contributed by atoms with Crippen molar-refractivity contribution >= 4 is 26.7 Å². The monoisotopic (exact) mass is 518 g/mol. The topological polar surface area (TPSA) is 110 Å². The maximum absolute atomic E-state index is 12.7. The summed E-state index contributed by atoms with van der Waals surface area (Å²) >= 11 is 0. The number of hydrogen-bond acceptors (Lipinski definition) is 8. The SMILES string of the molecule is CC(C)(C)N1CCC(Oc2ncnc3ccc(-c4cncc(NS(=O)(=O)c5ccccc5)c4)nc23)CC1. The third kappa shape index (κ3) is 5.70. The molecule has 1 aliphatic rings. The van der Waals surface area contributed by atoms with E-state index in [0.29, 0.717) is 33.9 Å². The lowest BCUT2D eigenvalue weighted by Gasteiger charge is -2.40. The number of pyridine rings is 2. The summed E-state index contributed by atoms with van der Waals surface area (Å²) in [5, 5.41) is 0. The van der Waals surface area contributed by atoms with Crippen LogP contribution in [-0.2, 0) is 10.0 Å². The summed E-state index contributed by atoms with van der Waals surface area (Å²) in [7, 11) is -3.74. The van der Waals surface area contributed by atoms with E-state index in [1.165, 1.54) is 12.5 Å². The number of hydrogen-bond donors (Lipinski definition) is 1. The van der Waals surface area contributed by atoms with Gasteiger partial charge in [0.1, 0.15) is 12.4 Å². The zero-order valence-electron chi connectivity index (χ0n) is 21.1. The zero-order valence-corrected chi connectivity index (χ0v) is 21.9. The molecule has 0 amide bonds. The second-order valence-electron chi connectivity index (χ2n) is 10.1. The Bertz CT molecular complexity index is 1500. The van der Waals surface area contributed by atoms with Crippen LogP contribution in [0.3, 0.4) is 0 Å². The second-order valence-corrected chi connectivity index (χ2v) is 11.8. The maximum atomic E-state index is 12.7. The van der Waals surface area contributed by atoms with Gasteiger partial charge in [-0.1, -0.05) is 18.2 Å². The van der Waals surface area contributed by atoms with E-state index in [0.717, 1.165) is 25.9 Å². The summed E-state index contributed by atoms with van der Waals surface area (Å²) in [6.45, 7) is 8.62. The van der Waals surface area contributed by atoms with Gasteiger partial charge in [0.2, 0.25) is 5.88 Å². The van der Waals surface area contributed by atoms with Crippen LogP contribution >= 0.6 is 0 Å². The Balaban J connectivity index is 1.38. The van der Waals surface area contributed by atoms with Gasteiger partial charge in [-0.05, 0) is 63.9 Å². The maximum Gasteiger partial charge on any atom is 0.261 e. The summed E-state index contributed by atoms with van der Waals surface area (Å²) in [6.07, 6.45) is 6.48. The molecule has 1 saturated heterocycles. The molecule has 1 N–H and O–H groups in total. The molecule has 3 aromatic heterocycles. The van der Waals surface area contributed by atoms with Crippen molar-refractivity contribution in [1.29, 1.82) is 0 Å². The number of fused-ring (bicyclic) bond motifs is 1. The number of rotatable bonds is 6. The van der Waals surface area contributed by atoms with Gasteiger partial charge >= 0.3 is 0 Å². The average Bonchev–Trinajstić information content (AvgIpc) is 2.89. The van der Waals surface area contributed by atoms with E-state index in [-0.39, 0.29) is 16.5 Å². The summed E-state index contributed by atoms with van der Waals surface area (Å²) in [6, 6.07) is 13.6. The molecule has 0 saturated carbocycles. The molecule has 4 aromatic rings. The minimum absolute atomic E-state index is 0.0551. The van der Waals surface area contributed by atoms with Crippen molar-refractivity contribution in [3.05, 3.63) is 67.3 Å². The quantitative estimate of drug-likeness (QED) is 0.396. The van der Waals surface area contributed by atoms with E-state index < -0.39 is 10.0 Å². The first-order valence-corrected chi connectivity index (χ1v) is 13.7. The lowest BCUT2D eigenvalue weighted by Crippen LogP contribution is -2.48. The molecule has 0 unspecified atom stereocenters. The van der Waals surface area contributed by atoms with Crippen molar-refractivity contribution in [2.75, 3.05) is 17.8 Å². The molecule has 37 heavy (non-hydrogen) atoms. The number of ether oxygens (including phenoxy) is 1. The first-order chi connectivity index (χ1) is 17.7. The van der Waals surface area contributed by atoms with Gasteiger partial charge in [-0.2, -0.15) is 4.98 Å². The highest BCUT2D eigenvalue weighted by atomic mass is 32.2. The molecule has 1 fully saturated rings. The third-order valence-electron chi connectivity index (χ3n) is 6.46. The molecule has 4 heterocycles. The fourth-order valence-electron chi connectivity index (χ4n) is 4.42. The van der Waals surface area contributed by atoms with Gasteiger partial charge in [-0.25, -0.2) is 18.4 Å². The van der Waals surface area contributed by atoms with Crippen molar-refractivity contribution in [2.45, 2.75) is 50.2 Å². The van der Waals surface area contributed by atoms with Crippen molar-refractivity contribution in [1.82, 2.24) is 24.8 Å².